The number of aryl methyl sites for hydroxylation is 1. The van der Waals surface area contributed by atoms with Crippen LogP contribution in [0.3, 0.4) is 0 Å². The molecule has 0 amide bonds. The fourth-order valence-electron chi connectivity index (χ4n) is 3.00. The molecule has 0 atom stereocenters. The van der Waals surface area contributed by atoms with Gasteiger partial charge in [-0.05, 0) is 61.7 Å². The number of sulfonamides is 1. The number of halogens is 1. The Hall–Kier alpha value is -2.07. The molecule has 0 bridgehead atoms. The van der Waals surface area contributed by atoms with E-state index in [0.717, 1.165) is 24.8 Å². The molecule has 0 N–H and O–H groups in total. The largest absolute Gasteiger partial charge is 0.456 e. The van der Waals surface area contributed by atoms with E-state index in [4.69, 9.17) is 16.3 Å². The first-order chi connectivity index (χ1) is 12.4. The predicted molar refractivity (Wildman–Crippen MR) is 100 cm³/mol. The molecule has 136 valence electrons. The maximum absolute atomic E-state index is 13.1. The summed E-state index contributed by atoms with van der Waals surface area (Å²) in [4.78, 5) is 0.0103. The molecule has 1 saturated heterocycles. The van der Waals surface area contributed by atoms with E-state index in [9.17, 15) is 13.7 Å². The first kappa shape index (κ1) is 18.7. The molecule has 7 heteroatoms. The van der Waals surface area contributed by atoms with Gasteiger partial charge in [0.2, 0.25) is 10.0 Å². The van der Waals surface area contributed by atoms with E-state index in [-0.39, 0.29) is 16.2 Å². The van der Waals surface area contributed by atoms with Crippen molar-refractivity contribution in [3.8, 4) is 17.6 Å². The molecule has 0 aromatic heterocycles. The molecule has 3 rings (SSSR count). The molecule has 1 heterocycles. The zero-order chi connectivity index (χ0) is 18.7. The molecule has 0 radical (unpaired) electrons. The quantitative estimate of drug-likeness (QED) is 0.771. The number of nitrogens with zero attached hydrogens (tertiary/aromatic N) is 2. The SMILES string of the molecule is Cc1cc(Cl)cc(Oc2ccc(C#N)cc2S(=O)(=O)N2CCCCC2)c1. The Morgan fingerprint density at radius 1 is 1.12 bits per heavy atom. The van der Waals surface area contributed by atoms with Gasteiger partial charge in [0, 0.05) is 18.1 Å². The third kappa shape index (κ3) is 4.01. The van der Waals surface area contributed by atoms with Gasteiger partial charge < -0.3 is 4.74 Å². The zero-order valence-electron chi connectivity index (χ0n) is 14.4. The second kappa shape index (κ2) is 7.67. The minimum absolute atomic E-state index is 0.0103. The molecule has 1 aliphatic heterocycles. The minimum Gasteiger partial charge on any atom is -0.456 e. The first-order valence-corrected chi connectivity index (χ1v) is 10.2. The molecule has 0 spiro atoms. The molecule has 1 fully saturated rings. The molecule has 26 heavy (non-hydrogen) atoms. The van der Waals surface area contributed by atoms with Crippen LogP contribution < -0.4 is 4.74 Å². The van der Waals surface area contributed by atoms with Gasteiger partial charge in [-0.2, -0.15) is 9.57 Å². The van der Waals surface area contributed by atoms with Crippen molar-refractivity contribution < 1.29 is 13.2 Å². The lowest BCUT2D eigenvalue weighted by Crippen LogP contribution is -2.35. The molecule has 2 aromatic rings. The Kier molecular flexibility index (Phi) is 5.52. The number of rotatable bonds is 4. The van der Waals surface area contributed by atoms with Gasteiger partial charge in [0.1, 0.15) is 16.4 Å². The molecule has 0 unspecified atom stereocenters. The van der Waals surface area contributed by atoms with Crippen molar-refractivity contribution in [3.05, 3.63) is 52.5 Å². The lowest BCUT2D eigenvalue weighted by Gasteiger charge is -2.26. The van der Waals surface area contributed by atoms with E-state index in [1.54, 1.807) is 24.3 Å². The standard InChI is InChI=1S/C19H19ClN2O3S/c1-14-9-16(20)12-17(10-14)25-18-6-5-15(13-21)11-19(18)26(23,24)22-7-3-2-4-8-22/h5-6,9-12H,2-4,7-8H2,1H3. The summed E-state index contributed by atoms with van der Waals surface area (Å²) in [5.74, 6) is 0.644. The summed E-state index contributed by atoms with van der Waals surface area (Å²) in [5, 5.41) is 9.68. The molecule has 0 saturated carbocycles. The lowest BCUT2D eigenvalue weighted by molar-refractivity contribution is 0.345. The number of nitriles is 1. The number of ether oxygens (including phenoxy) is 1. The van der Waals surface area contributed by atoms with Crippen molar-refractivity contribution in [3.63, 3.8) is 0 Å². The summed E-state index contributed by atoms with van der Waals surface area (Å²) in [5.41, 5.74) is 1.18. The fraction of sp³-hybridized carbons (Fsp3) is 0.316. The van der Waals surface area contributed by atoms with Crippen LogP contribution in [0.25, 0.3) is 0 Å². The summed E-state index contributed by atoms with van der Waals surface area (Å²) in [6.45, 7) is 2.84. The van der Waals surface area contributed by atoms with Crippen molar-refractivity contribution >= 4 is 21.6 Å². The third-order valence-electron chi connectivity index (χ3n) is 4.25. The monoisotopic (exact) mass is 390 g/mol. The summed E-state index contributed by atoms with van der Waals surface area (Å²) in [7, 11) is -3.74. The van der Waals surface area contributed by atoms with Gasteiger partial charge in [0.05, 0.1) is 11.6 Å². The zero-order valence-corrected chi connectivity index (χ0v) is 16.0. The van der Waals surface area contributed by atoms with E-state index >= 15 is 0 Å². The van der Waals surface area contributed by atoms with E-state index in [1.165, 1.54) is 16.4 Å². The molecule has 0 aliphatic carbocycles. The smallest absolute Gasteiger partial charge is 0.246 e. The molecule has 1 aliphatic rings. The Balaban J connectivity index is 2.04. The predicted octanol–water partition coefficient (Wildman–Crippen LogP) is 4.49. The highest BCUT2D eigenvalue weighted by atomic mass is 35.5. The van der Waals surface area contributed by atoms with Crippen molar-refractivity contribution in [2.24, 2.45) is 0 Å². The maximum Gasteiger partial charge on any atom is 0.246 e. The highest BCUT2D eigenvalue weighted by molar-refractivity contribution is 7.89. The van der Waals surface area contributed by atoms with Gasteiger partial charge in [-0.1, -0.05) is 18.0 Å². The highest BCUT2D eigenvalue weighted by Crippen LogP contribution is 2.34. The molecular weight excluding hydrogens is 372 g/mol. The number of hydrogen-bond acceptors (Lipinski definition) is 4. The maximum atomic E-state index is 13.1. The Labute approximate surface area is 158 Å². The van der Waals surface area contributed by atoms with Crippen molar-refractivity contribution in [2.45, 2.75) is 31.1 Å². The molecular formula is C19H19ClN2O3S. The van der Waals surface area contributed by atoms with Gasteiger partial charge in [0.25, 0.3) is 0 Å². The van der Waals surface area contributed by atoms with Gasteiger partial charge in [-0.3, -0.25) is 0 Å². The average molecular weight is 391 g/mol. The summed E-state index contributed by atoms with van der Waals surface area (Å²) < 4.78 is 33.5. The number of benzene rings is 2. The van der Waals surface area contributed by atoms with Crippen LogP contribution in [-0.2, 0) is 10.0 Å². The number of hydrogen-bond donors (Lipinski definition) is 0. The highest BCUT2D eigenvalue weighted by Gasteiger charge is 2.29. The fourth-order valence-corrected chi connectivity index (χ4v) is 4.93. The molecule has 2 aromatic carbocycles. The van der Waals surface area contributed by atoms with Crippen LogP contribution in [0, 0.1) is 18.3 Å². The summed E-state index contributed by atoms with van der Waals surface area (Å²) >= 11 is 6.07. The number of piperidine rings is 1. The van der Waals surface area contributed by atoms with Crippen LogP contribution in [0.5, 0.6) is 11.5 Å². The van der Waals surface area contributed by atoms with E-state index < -0.39 is 10.0 Å². The summed E-state index contributed by atoms with van der Waals surface area (Å²) in [6.07, 6.45) is 2.69. The van der Waals surface area contributed by atoms with Gasteiger partial charge in [-0.25, -0.2) is 8.42 Å². The minimum atomic E-state index is -3.74. The second-order valence-electron chi connectivity index (χ2n) is 6.30. The first-order valence-electron chi connectivity index (χ1n) is 8.39. The Bertz CT molecular complexity index is 941. The van der Waals surface area contributed by atoms with Crippen LogP contribution in [0.2, 0.25) is 5.02 Å². The normalized spacial score (nSPS) is 15.4. The van der Waals surface area contributed by atoms with Crippen LogP contribution in [0.1, 0.15) is 30.4 Å². The Morgan fingerprint density at radius 3 is 2.50 bits per heavy atom. The third-order valence-corrected chi connectivity index (χ3v) is 6.39. The van der Waals surface area contributed by atoms with Crippen LogP contribution in [0.4, 0.5) is 0 Å². The van der Waals surface area contributed by atoms with Gasteiger partial charge >= 0.3 is 0 Å². The van der Waals surface area contributed by atoms with E-state index in [2.05, 4.69) is 0 Å². The van der Waals surface area contributed by atoms with Crippen LogP contribution in [0.15, 0.2) is 41.3 Å². The van der Waals surface area contributed by atoms with Crippen LogP contribution >= 0.6 is 11.6 Å². The van der Waals surface area contributed by atoms with Crippen molar-refractivity contribution in [2.75, 3.05) is 13.1 Å². The van der Waals surface area contributed by atoms with E-state index in [0.29, 0.717) is 23.9 Å². The van der Waals surface area contributed by atoms with Crippen molar-refractivity contribution in [1.29, 1.82) is 5.26 Å². The summed E-state index contributed by atoms with van der Waals surface area (Å²) in [6, 6.07) is 11.6. The molecule has 5 nitrogen and oxygen atoms in total. The lowest BCUT2D eigenvalue weighted by atomic mass is 10.2. The Morgan fingerprint density at radius 2 is 1.85 bits per heavy atom. The van der Waals surface area contributed by atoms with Crippen molar-refractivity contribution in [1.82, 2.24) is 4.31 Å². The average Bonchev–Trinajstić information content (AvgIpc) is 2.62. The van der Waals surface area contributed by atoms with E-state index in [1.807, 2.05) is 13.0 Å². The second-order valence-corrected chi connectivity index (χ2v) is 8.65. The van der Waals surface area contributed by atoms with Gasteiger partial charge in [0.15, 0.2) is 0 Å². The topological polar surface area (TPSA) is 70.4 Å². The van der Waals surface area contributed by atoms with Crippen LogP contribution in [-0.4, -0.2) is 25.8 Å². The van der Waals surface area contributed by atoms with Gasteiger partial charge in [-0.15, -0.1) is 0 Å².